The molecule has 0 bridgehead atoms. The normalized spacial score (nSPS) is 10.1. The number of halogens is 2. The molecule has 0 radical (unpaired) electrons. The third-order valence-electron chi connectivity index (χ3n) is 3.06. The zero-order valence-corrected chi connectivity index (χ0v) is 13.2. The van der Waals surface area contributed by atoms with Crippen molar-refractivity contribution in [3.8, 4) is 0 Å². The van der Waals surface area contributed by atoms with Gasteiger partial charge in [0.1, 0.15) is 12.4 Å². The summed E-state index contributed by atoms with van der Waals surface area (Å²) in [7, 11) is 1.96. The molecule has 0 fully saturated rings. The van der Waals surface area contributed by atoms with Gasteiger partial charge in [-0.1, -0.05) is 36.4 Å². The van der Waals surface area contributed by atoms with E-state index in [-0.39, 0.29) is 24.6 Å². The summed E-state index contributed by atoms with van der Waals surface area (Å²) in [6, 6.07) is 15.6. The van der Waals surface area contributed by atoms with Crippen molar-refractivity contribution in [2.24, 2.45) is 0 Å². The number of ether oxygens (including phenoxy) is 1. The Hall–Kier alpha value is -1.91. The molecule has 0 N–H and O–H groups in total. The van der Waals surface area contributed by atoms with E-state index in [9.17, 15) is 9.18 Å². The molecular formula is C17H19ClFNO2. The molecule has 0 saturated carbocycles. The quantitative estimate of drug-likeness (QED) is 0.762. The van der Waals surface area contributed by atoms with Crippen molar-refractivity contribution in [2.45, 2.75) is 6.54 Å². The molecule has 0 spiro atoms. The van der Waals surface area contributed by atoms with Gasteiger partial charge in [0.25, 0.3) is 0 Å². The highest BCUT2D eigenvalue weighted by Crippen LogP contribution is 2.06. The molecule has 2 aromatic rings. The van der Waals surface area contributed by atoms with Gasteiger partial charge >= 0.3 is 5.97 Å². The highest BCUT2D eigenvalue weighted by molar-refractivity contribution is 5.89. The predicted octanol–water partition coefficient (Wildman–Crippen LogP) is 3.54. The first-order valence-corrected chi connectivity index (χ1v) is 6.80. The number of rotatable bonds is 6. The van der Waals surface area contributed by atoms with Crippen molar-refractivity contribution in [1.29, 1.82) is 0 Å². The van der Waals surface area contributed by atoms with Gasteiger partial charge in [0.05, 0.1) is 5.56 Å². The number of benzene rings is 2. The molecule has 2 rings (SSSR count). The predicted molar refractivity (Wildman–Crippen MR) is 86.7 cm³/mol. The molecule has 0 aliphatic heterocycles. The number of nitrogens with zero attached hydrogens (tertiary/aromatic N) is 1. The molecule has 0 unspecified atom stereocenters. The molecule has 0 atom stereocenters. The Bertz CT molecular complexity index is 592. The maximum Gasteiger partial charge on any atom is 0.338 e. The van der Waals surface area contributed by atoms with E-state index in [4.69, 9.17) is 4.74 Å². The maximum absolute atomic E-state index is 13.0. The van der Waals surface area contributed by atoms with Gasteiger partial charge in [0, 0.05) is 13.1 Å². The van der Waals surface area contributed by atoms with E-state index < -0.39 is 11.8 Å². The summed E-state index contributed by atoms with van der Waals surface area (Å²) in [5, 5.41) is 0. The number of hydrogen-bond acceptors (Lipinski definition) is 3. The van der Waals surface area contributed by atoms with Gasteiger partial charge in [-0.05, 0) is 30.8 Å². The van der Waals surface area contributed by atoms with Crippen LogP contribution in [0.1, 0.15) is 15.9 Å². The summed E-state index contributed by atoms with van der Waals surface area (Å²) in [5.74, 6) is -0.937. The first kappa shape index (κ1) is 18.1. The summed E-state index contributed by atoms with van der Waals surface area (Å²) >= 11 is 0. The maximum atomic E-state index is 13.0. The van der Waals surface area contributed by atoms with Crippen LogP contribution in [0.2, 0.25) is 0 Å². The van der Waals surface area contributed by atoms with E-state index in [0.717, 1.165) is 6.54 Å². The van der Waals surface area contributed by atoms with E-state index in [1.165, 1.54) is 23.8 Å². The summed E-state index contributed by atoms with van der Waals surface area (Å²) in [4.78, 5) is 13.8. The molecule has 0 amide bonds. The van der Waals surface area contributed by atoms with Gasteiger partial charge in [-0.25, -0.2) is 9.18 Å². The summed E-state index contributed by atoms with van der Waals surface area (Å²) in [6.45, 7) is 1.69. The van der Waals surface area contributed by atoms with Gasteiger partial charge in [0.15, 0.2) is 0 Å². The lowest BCUT2D eigenvalue weighted by molar-refractivity contribution is 0.0470. The average Bonchev–Trinajstić information content (AvgIpc) is 2.48. The molecular weight excluding hydrogens is 305 g/mol. The summed E-state index contributed by atoms with van der Waals surface area (Å²) < 4.78 is 18.1. The van der Waals surface area contributed by atoms with Crippen molar-refractivity contribution in [1.82, 2.24) is 4.90 Å². The van der Waals surface area contributed by atoms with Crippen LogP contribution in [0.15, 0.2) is 54.6 Å². The molecule has 3 nitrogen and oxygen atoms in total. The number of hydrogen-bond donors (Lipinski definition) is 0. The zero-order chi connectivity index (χ0) is 15.1. The summed E-state index contributed by atoms with van der Waals surface area (Å²) in [5.41, 5.74) is 1.44. The van der Waals surface area contributed by atoms with Gasteiger partial charge < -0.3 is 4.74 Å². The van der Waals surface area contributed by atoms with E-state index in [1.807, 2.05) is 25.2 Å². The average molecular weight is 324 g/mol. The van der Waals surface area contributed by atoms with Crippen LogP contribution in [0.25, 0.3) is 0 Å². The number of carbonyl (C=O) groups excluding carboxylic acids is 1. The molecule has 0 aliphatic rings. The molecule has 22 heavy (non-hydrogen) atoms. The van der Waals surface area contributed by atoms with Crippen LogP contribution in [0.3, 0.4) is 0 Å². The second-order valence-corrected chi connectivity index (χ2v) is 4.87. The van der Waals surface area contributed by atoms with Crippen LogP contribution in [0, 0.1) is 5.82 Å². The Morgan fingerprint density at radius 1 is 1.14 bits per heavy atom. The molecule has 0 saturated heterocycles. The SMILES string of the molecule is CN(CCOC(=O)c1cccc(F)c1)Cc1ccccc1.Cl. The minimum atomic E-state index is -0.498. The van der Waals surface area contributed by atoms with E-state index in [2.05, 4.69) is 17.0 Å². The van der Waals surface area contributed by atoms with Crippen LogP contribution in [-0.2, 0) is 11.3 Å². The molecule has 0 heterocycles. The number of esters is 1. The van der Waals surface area contributed by atoms with Gasteiger partial charge in [-0.2, -0.15) is 0 Å². The molecule has 118 valence electrons. The summed E-state index contributed by atoms with van der Waals surface area (Å²) in [6.07, 6.45) is 0. The fraction of sp³-hybridized carbons (Fsp3) is 0.235. The van der Waals surface area contributed by atoms with E-state index >= 15 is 0 Å². The van der Waals surface area contributed by atoms with Crippen LogP contribution in [0.5, 0.6) is 0 Å². The molecule has 0 aliphatic carbocycles. The van der Waals surface area contributed by atoms with Gasteiger partial charge in [-0.3, -0.25) is 4.90 Å². The fourth-order valence-electron chi connectivity index (χ4n) is 1.97. The fourth-order valence-corrected chi connectivity index (χ4v) is 1.97. The second kappa shape index (κ2) is 9.18. The van der Waals surface area contributed by atoms with Crippen molar-refractivity contribution >= 4 is 18.4 Å². The largest absolute Gasteiger partial charge is 0.461 e. The Morgan fingerprint density at radius 2 is 1.86 bits per heavy atom. The van der Waals surface area contributed by atoms with Crippen molar-refractivity contribution in [3.63, 3.8) is 0 Å². The topological polar surface area (TPSA) is 29.5 Å². The Kier molecular flexibility index (Phi) is 7.57. The highest BCUT2D eigenvalue weighted by Gasteiger charge is 2.08. The molecule has 0 aromatic heterocycles. The Balaban J connectivity index is 0.00000242. The lowest BCUT2D eigenvalue weighted by atomic mass is 10.2. The monoisotopic (exact) mass is 323 g/mol. The van der Waals surface area contributed by atoms with Gasteiger partial charge in [0.2, 0.25) is 0 Å². The zero-order valence-electron chi connectivity index (χ0n) is 12.4. The van der Waals surface area contributed by atoms with Crippen molar-refractivity contribution in [3.05, 3.63) is 71.5 Å². The Morgan fingerprint density at radius 3 is 2.55 bits per heavy atom. The smallest absolute Gasteiger partial charge is 0.338 e. The van der Waals surface area contributed by atoms with Crippen molar-refractivity contribution in [2.75, 3.05) is 20.2 Å². The standard InChI is InChI=1S/C17H18FNO2.ClH/c1-19(13-14-6-3-2-4-7-14)10-11-21-17(20)15-8-5-9-16(18)12-15;/h2-9,12H,10-11,13H2,1H3;1H. The van der Waals surface area contributed by atoms with Crippen LogP contribution >= 0.6 is 12.4 Å². The van der Waals surface area contributed by atoms with E-state index in [0.29, 0.717) is 6.54 Å². The van der Waals surface area contributed by atoms with Crippen LogP contribution in [-0.4, -0.2) is 31.1 Å². The number of carbonyl (C=O) groups is 1. The van der Waals surface area contributed by atoms with Crippen molar-refractivity contribution < 1.29 is 13.9 Å². The lowest BCUT2D eigenvalue weighted by Gasteiger charge is -2.16. The van der Waals surface area contributed by atoms with Crippen LogP contribution in [0.4, 0.5) is 4.39 Å². The highest BCUT2D eigenvalue weighted by atomic mass is 35.5. The van der Waals surface area contributed by atoms with Crippen LogP contribution < -0.4 is 0 Å². The second-order valence-electron chi connectivity index (χ2n) is 4.87. The first-order chi connectivity index (χ1) is 10.1. The van der Waals surface area contributed by atoms with Gasteiger partial charge in [-0.15, -0.1) is 12.4 Å². The lowest BCUT2D eigenvalue weighted by Crippen LogP contribution is -2.24. The molecule has 2 aromatic carbocycles. The first-order valence-electron chi connectivity index (χ1n) is 6.80. The van der Waals surface area contributed by atoms with E-state index in [1.54, 1.807) is 6.07 Å². The minimum absolute atomic E-state index is 0. The number of likely N-dealkylation sites (N-methyl/N-ethyl adjacent to an activating group) is 1. The Labute approximate surface area is 136 Å². The third-order valence-corrected chi connectivity index (χ3v) is 3.06. The minimum Gasteiger partial charge on any atom is -0.461 e. The molecule has 5 heteroatoms. The third kappa shape index (κ3) is 5.84.